The van der Waals surface area contributed by atoms with Crippen molar-refractivity contribution in [2.45, 2.75) is 0 Å². The molecule has 0 aliphatic carbocycles. The Balaban J connectivity index is 0.957. The first-order valence-electron chi connectivity index (χ1n) is 19.4. The van der Waals surface area contributed by atoms with E-state index in [4.69, 9.17) is 4.42 Å². The number of furan rings is 1. The van der Waals surface area contributed by atoms with Crippen molar-refractivity contribution >= 4 is 60.8 Å². The lowest BCUT2D eigenvalue weighted by Crippen LogP contribution is -2.09. The van der Waals surface area contributed by atoms with Crippen molar-refractivity contribution in [3.8, 4) is 39.1 Å². The highest BCUT2D eigenvalue weighted by molar-refractivity contribution is 6.10. The minimum absolute atomic E-state index is 0.901. The summed E-state index contributed by atoms with van der Waals surface area (Å²) in [6, 6.07) is 78.1. The molecule has 3 heteroatoms. The molecule has 0 amide bonds. The van der Waals surface area contributed by atoms with E-state index in [1.165, 1.54) is 38.5 Å². The van der Waals surface area contributed by atoms with Crippen molar-refractivity contribution in [1.82, 2.24) is 4.57 Å². The fourth-order valence-electron chi connectivity index (χ4n) is 8.58. The molecule has 0 radical (unpaired) electrons. The number of nitrogens with zero attached hydrogens (tertiary/aromatic N) is 2. The molecule has 0 bridgehead atoms. The Hall–Kier alpha value is -7.62. The zero-order chi connectivity index (χ0) is 37.7. The Bertz CT molecular complexity index is 3170. The standard InChI is InChI=1S/C54H36N2O/c1-2-14-40(15-3-1)55(41-31-26-37(27-32-41)43-16-4-5-17-44(43)39-30-35-49-48-21-9-13-25-53(48)57-54(49)36-39)42-33-28-38(29-34-42)45-18-6-10-22-50(45)56-51-23-11-7-19-46(51)47-20-8-12-24-52(47)56/h1-36H. The van der Waals surface area contributed by atoms with Gasteiger partial charge in [-0.1, -0.05) is 146 Å². The van der Waals surface area contributed by atoms with Crippen LogP contribution in [-0.2, 0) is 0 Å². The van der Waals surface area contributed by atoms with Gasteiger partial charge in [-0.05, 0) is 101 Å². The normalized spacial score (nSPS) is 11.5. The maximum Gasteiger partial charge on any atom is 0.136 e. The van der Waals surface area contributed by atoms with E-state index in [0.717, 1.165) is 61.4 Å². The first kappa shape index (κ1) is 32.8. The van der Waals surface area contributed by atoms with Crippen LogP contribution in [0.25, 0.3) is 82.8 Å². The largest absolute Gasteiger partial charge is 0.456 e. The highest BCUT2D eigenvalue weighted by atomic mass is 16.3. The third kappa shape index (κ3) is 5.60. The van der Waals surface area contributed by atoms with Crippen molar-refractivity contribution in [2.75, 3.05) is 4.90 Å². The van der Waals surface area contributed by atoms with E-state index >= 15 is 0 Å². The lowest BCUT2D eigenvalue weighted by molar-refractivity contribution is 0.669. The first-order chi connectivity index (χ1) is 28.3. The zero-order valence-electron chi connectivity index (χ0n) is 31.1. The summed E-state index contributed by atoms with van der Waals surface area (Å²) in [5.74, 6) is 0. The number of rotatable bonds is 7. The van der Waals surface area contributed by atoms with Crippen LogP contribution in [0.4, 0.5) is 17.1 Å². The third-order valence-electron chi connectivity index (χ3n) is 11.2. The van der Waals surface area contributed by atoms with Gasteiger partial charge in [0.15, 0.2) is 0 Å². The van der Waals surface area contributed by atoms with E-state index in [-0.39, 0.29) is 0 Å². The van der Waals surface area contributed by atoms with Gasteiger partial charge in [0.2, 0.25) is 0 Å². The number of para-hydroxylation sites is 5. The molecule has 9 aromatic carbocycles. The van der Waals surface area contributed by atoms with Crippen LogP contribution >= 0.6 is 0 Å². The molecule has 0 spiro atoms. The molecule has 0 aliphatic rings. The van der Waals surface area contributed by atoms with Crippen molar-refractivity contribution in [3.63, 3.8) is 0 Å². The van der Waals surface area contributed by atoms with E-state index in [1.54, 1.807) is 0 Å². The zero-order valence-corrected chi connectivity index (χ0v) is 31.1. The van der Waals surface area contributed by atoms with Crippen LogP contribution in [-0.4, -0.2) is 4.57 Å². The van der Waals surface area contributed by atoms with Crippen LogP contribution in [0.1, 0.15) is 0 Å². The van der Waals surface area contributed by atoms with Gasteiger partial charge in [0.25, 0.3) is 0 Å². The Morgan fingerprint density at radius 3 is 1.44 bits per heavy atom. The maximum absolute atomic E-state index is 6.27. The fourth-order valence-corrected chi connectivity index (χ4v) is 8.58. The van der Waals surface area contributed by atoms with E-state index in [9.17, 15) is 0 Å². The number of hydrogen-bond donors (Lipinski definition) is 0. The van der Waals surface area contributed by atoms with E-state index in [2.05, 4.69) is 216 Å². The van der Waals surface area contributed by atoms with Crippen LogP contribution in [0.3, 0.4) is 0 Å². The van der Waals surface area contributed by atoms with Gasteiger partial charge < -0.3 is 13.9 Å². The molecule has 3 nitrogen and oxygen atoms in total. The topological polar surface area (TPSA) is 21.3 Å². The Labute approximate surface area is 330 Å². The van der Waals surface area contributed by atoms with Crippen molar-refractivity contribution < 1.29 is 4.42 Å². The van der Waals surface area contributed by atoms with Crippen molar-refractivity contribution in [2.24, 2.45) is 0 Å². The van der Waals surface area contributed by atoms with E-state index in [1.807, 2.05) is 12.1 Å². The number of hydrogen-bond acceptors (Lipinski definition) is 2. The van der Waals surface area contributed by atoms with Crippen molar-refractivity contribution in [1.29, 1.82) is 0 Å². The predicted octanol–water partition coefficient (Wildman–Crippen LogP) is 15.2. The van der Waals surface area contributed by atoms with Gasteiger partial charge in [0.05, 0.1) is 16.7 Å². The highest BCUT2D eigenvalue weighted by Crippen LogP contribution is 2.41. The second-order valence-electron chi connectivity index (χ2n) is 14.5. The minimum Gasteiger partial charge on any atom is -0.456 e. The molecule has 0 aliphatic heterocycles. The average molecular weight is 729 g/mol. The Morgan fingerprint density at radius 2 is 0.772 bits per heavy atom. The molecule has 0 atom stereocenters. The second-order valence-corrected chi connectivity index (χ2v) is 14.5. The summed E-state index contributed by atoms with van der Waals surface area (Å²) in [5, 5.41) is 4.80. The summed E-state index contributed by atoms with van der Waals surface area (Å²) >= 11 is 0. The van der Waals surface area contributed by atoms with Crippen LogP contribution in [0.2, 0.25) is 0 Å². The summed E-state index contributed by atoms with van der Waals surface area (Å²) in [5.41, 5.74) is 15.6. The van der Waals surface area contributed by atoms with E-state index < -0.39 is 0 Å². The molecule has 0 saturated heterocycles. The molecule has 268 valence electrons. The summed E-state index contributed by atoms with van der Waals surface area (Å²) < 4.78 is 8.67. The van der Waals surface area contributed by atoms with Crippen molar-refractivity contribution in [3.05, 3.63) is 218 Å². The summed E-state index contributed by atoms with van der Waals surface area (Å²) in [6.45, 7) is 0. The molecule has 0 saturated carbocycles. The molecule has 2 aromatic heterocycles. The SMILES string of the molecule is c1ccc(N(c2ccc(-c3ccccc3-c3ccc4c(c3)oc3ccccc34)cc2)c2ccc(-c3ccccc3-n3c4ccccc4c4ccccc43)cc2)cc1. The molecule has 2 heterocycles. The molecule has 11 rings (SSSR count). The number of benzene rings is 9. The number of aromatic nitrogens is 1. The van der Waals surface area contributed by atoms with E-state index in [0.29, 0.717) is 0 Å². The summed E-state index contributed by atoms with van der Waals surface area (Å²) in [4.78, 5) is 2.33. The summed E-state index contributed by atoms with van der Waals surface area (Å²) in [7, 11) is 0. The Kier molecular flexibility index (Phi) is 7.82. The van der Waals surface area contributed by atoms with Gasteiger partial charge in [-0.2, -0.15) is 0 Å². The lowest BCUT2D eigenvalue weighted by Gasteiger charge is -2.26. The smallest absolute Gasteiger partial charge is 0.136 e. The highest BCUT2D eigenvalue weighted by Gasteiger charge is 2.18. The van der Waals surface area contributed by atoms with Gasteiger partial charge in [0.1, 0.15) is 11.2 Å². The third-order valence-corrected chi connectivity index (χ3v) is 11.2. The fraction of sp³-hybridized carbons (Fsp3) is 0. The molecule has 0 N–H and O–H groups in total. The van der Waals surface area contributed by atoms with Gasteiger partial charge >= 0.3 is 0 Å². The monoisotopic (exact) mass is 728 g/mol. The molecule has 11 aromatic rings. The first-order valence-corrected chi connectivity index (χ1v) is 19.4. The molecule has 57 heavy (non-hydrogen) atoms. The molecule has 0 fully saturated rings. The quantitative estimate of drug-likeness (QED) is 0.163. The predicted molar refractivity (Wildman–Crippen MR) is 239 cm³/mol. The van der Waals surface area contributed by atoms with Crippen LogP contribution in [0, 0.1) is 0 Å². The molecular weight excluding hydrogens is 693 g/mol. The Morgan fingerprint density at radius 1 is 0.316 bits per heavy atom. The lowest BCUT2D eigenvalue weighted by atomic mass is 9.94. The van der Waals surface area contributed by atoms with Gasteiger partial charge in [-0.25, -0.2) is 0 Å². The van der Waals surface area contributed by atoms with Gasteiger partial charge in [-0.3, -0.25) is 0 Å². The maximum atomic E-state index is 6.27. The molecule has 0 unspecified atom stereocenters. The van der Waals surface area contributed by atoms with Crippen LogP contribution in [0.15, 0.2) is 223 Å². The van der Waals surface area contributed by atoms with Gasteiger partial charge in [-0.15, -0.1) is 0 Å². The van der Waals surface area contributed by atoms with Crippen LogP contribution < -0.4 is 4.90 Å². The minimum atomic E-state index is 0.901. The average Bonchev–Trinajstić information content (AvgIpc) is 3.83. The molecular formula is C54H36N2O. The summed E-state index contributed by atoms with van der Waals surface area (Å²) in [6.07, 6.45) is 0. The second kappa shape index (κ2) is 13.6. The van der Waals surface area contributed by atoms with Gasteiger partial charge in [0, 0.05) is 44.2 Å². The number of anilines is 3. The van der Waals surface area contributed by atoms with Crippen LogP contribution in [0.5, 0.6) is 0 Å². The number of fused-ring (bicyclic) bond motifs is 6.